The van der Waals surface area contributed by atoms with Crippen molar-refractivity contribution < 1.29 is 4.52 Å². The predicted octanol–water partition coefficient (Wildman–Crippen LogP) is 3.04. The van der Waals surface area contributed by atoms with Gasteiger partial charge in [0, 0.05) is 25.1 Å². The minimum Gasteiger partial charge on any atom is -0.359 e. The minimum absolute atomic E-state index is 0.399. The smallest absolute Gasteiger partial charge is 0.191 e. The number of nitrogens with zero attached hydrogens (tertiary/aromatic N) is 2. The van der Waals surface area contributed by atoms with Crippen LogP contribution in [0.4, 0.5) is 0 Å². The SMILES string of the molecule is CCC(C)NC(=NC)NCc1cc(C(CC)CC)no1. The van der Waals surface area contributed by atoms with Crippen molar-refractivity contribution in [1.82, 2.24) is 15.8 Å². The van der Waals surface area contributed by atoms with Crippen molar-refractivity contribution >= 4 is 5.96 Å². The molecule has 0 spiro atoms. The molecular formula is C15H28N4O. The highest BCUT2D eigenvalue weighted by molar-refractivity contribution is 5.79. The molecule has 0 aliphatic heterocycles. The van der Waals surface area contributed by atoms with E-state index in [0.717, 1.165) is 36.7 Å². The summed E-state index contributed by atoms with van der Waals surface area (Å²) in [5.41, 5.74) is 1.05. The highest BCUT2D eigenvalue weighted by Gasteiger charge is 2.13. The lowest BCUT2D eigenvalue weighted by molar-refractivity contribution is 0.368. The van der Waals surface area contributed by atoms with Crippen molar-refractivity contribution in [3.8, 4) is 0 Å². The fourth-order valence-electron chi connectivity index (χ4n) is 2.01. The van der Waals surface area contributed by atoms with Gasteiger partial charge in [0.25, 0.3) is 0 Å². The third kappa shape index (κ3) is 4.87. The van der Waals surface area contributed by atoms with Crippen LogP contribution in [0.25, 0.3) is 0 Å². The molecule has 0 aliphatic rings. The number of aromatic nitrogens is 1. The Labute approximate surface area is 122 Å². The van der Waals surface area contributed by atoms with Crippen molar-refractivity contribution in [2.45, 2.75) is 65.5 Å². The molecule has 1 heterocycles. The summed E-state index contributed by atoms with van der Waals surface area (Å²) >= 11 is 0. The van der Waals surface area contributed by atoms with Crippen LogP contribution in [0.2, 0.25) is 0 Å². The largest absolute Gasteiger partial charge is 0.359 e. The van der Waals surface area contributed by atoms with E-state index in [1.807, 2.05) is 6.07 Å². The van der Waals surface area contributed by atoms with Gasteiger partial charge in [-0.1, -0.05) is 25.9 Å². The van der Waals surface area contributed by atoms with E-state index in [4.69, 9.17) is 4.52 Å². The molecule has 2 N–H and O–H groups in total. The molecule has 1 aromatic rings. The van der Waals surface area contributed by atoms with Crippen LogP contribution < -0.4 is 10.6 Å². The highest BCUT2D eigenvalue weighted by Crippen LogP contribution is 2.22. The molecule has 0 amide bonds. The van der Waals surface area contributed by atoms with Gasteiger partial charge in [-0.25, -0.2) is 0 Å². The Morgan fingerprint density at radius 1 is 1.30 bits per heavy atom. The van der Waals surface area contributed by atoms with Gasteiger partial charge in [0.1, 0.15) is 0 Å². The van der Waals surface area contributed by atoms with Crippen LogP contribution in [-0.2, 0) is 6.54 Å². The normalized spacial score (nSPS) is 13.6. The van der Waals surface area contributed by atoms with Crippen molar-refractivity contribution in [3.63, 3.8) is 0 Å². The molecule has 1 atom stereocenters. The van der Waals surface area contributed by atoms with E-state index in [0.29, 0.717) is 18.5 Å². The first-order valence-corrected chi connectivity index (χ1v) is 7.57. The Morgan fingerprint density at radius 3 is 2.55 bits per heavy atom. The summed E-state index contributed by atoms with van der Waals surface area (Å²) in [6.07, 6.45) is 3.24. The number of hydrogen-bond donors (Lipinski definition) is 2. The number of nitrogens with one attached hydrogen (secondary N) is 2. The van der Waals surface area contributed by atoms with E-state index in [-0.39, 0.29) is 0 Å². The summed E-state index contributed by atoms with van der Waals surface area (Å²) in [7, 11) is 1.77. The molecule has 0 aliphatic carbocycles. The van der Waals surface area contributed by atoms with Crippen LogP contribution >= 0.6 is 0 Å². The lowest BCUT2D eigenvalue weighted by Gasteiger charge is -2.15. The maximum Gasteiger partial charge on any atom is 0.191 e. The van der Waals surface area contributed by atoms with Crippen molar-refractivity contribution in [1.29, 1.82) is 0 Å². The molecule has 0 saturated heterocycles. The van der Waals surface area contributed by atoms with Gasteiger partial charge < -0.3 is 15.2 Å². The Bertz CT molecular complexity index is 410. The minimum atomic E-state index is 0.399. The predicted molar refractivity (Wildman–Crippen MR) is 82.9 cm³/mol. The average molecular weight is 280 g/mol. The second-order valence-electron chi connectivity index (χ2n) is 5.11. The van der Waals surface area contributed by atoms with Crippen molar-refractivity contribution in [2.75, 3.05) is 7.05 Å². The second-order valence-corrected chi connectivity index (χ2v) is 5.11. The van der Waals surface area contributed by atoms with Gasteiger partial charge in [-0.15, -0.1) is 0 Å². The Kier molecular flexibility index (Phi) is 7.12. The van der Waals surface area contributed by atoms with Gasteiger partial charge >= 0.3 is 0 Å². The van der Waals surface area contributed by atoms with Crippen LogP contribution in [0.5, 0.6) is 0 Å². The zero-order valence-corrected chi connectivity index (χ0v) is 13.4. The maximum absolute atomic E-state index is 5.38. The summed E-state index contributed by atoms with van der Waals surface area (Å²) in [4.78, 5) is 4.20. The lowest BCUT2D eigenvalue weighted by atomic mass is 9.99. The van der Waals surface area contributed by atoms with Gasteiger partial charge in [0.05, 0.1) is 12.2 Å². The average Bonchev–Trinajstić information content (AvgIpc) is 2.93. The molecule has 0 fully saturated rings. The Balaban J connectivity index is 2.53. The molecule has 1 unspecified atom stereocenters. The van der Waals surface area contributed by atoms with E-state index in [9.17, 15) is 0 Å². The summed E-state index contributed by atoms with van der Waals surface area (Å²) in [5, 5.41) is 10.7. The molecule has 0 radical (unpaired) electrons. The molecule has 20 heavy (non-hydrogen) atoms. The first-order valence-electron chi connectivity index (χ1n) is 7.57. The molecule has 0 saturated carbocycles. The summed E-state index contributed by atoms with van der Waals surface area (Å²) in [6, 6.07) is 2.44. The summed E-state index contributed by atoms with van der Waals surface area (Å²) in [6.45, 7) is 9.23. The van der Waals surface area contributed by atoms with E-state index in [2.05, 4.69) is 48.5 Å². The molecular weight excluding hydrogens is 252 g/mol. The molecule has 1 aromatic heterocycles. The van der Waals surface area contributed by atoms with Crippen LogP contribution in [-0.4, -0.2) is 24.2 Å². The van der Waals surface area contributed by atoms with E-state index < -0.39 is 0 Å². The Hall–Kier alpha value is -1.52. The molecule has 0 aromatic carbocycles. The van der Waals surface area contributed by atoms with Gasteiger partial charge in [-0.3, -0.25) is 4.99 Å². The first kappa shape index (κ1) is 16.5. The number of guanidine groups is 1. The third-order valence-corrected chi connectivity index (χ3v) is 3.63. The monoisotopic (exact) mass is 280 g/mol. The zero-order chi connectivity index (χ0) is 15.0. The quantitative estimate of drug-likeness (QED) is 0.595. The molecule has 0 bridgehead atoms. The standard InChI is InChI=1S/C15H28N4O/c1-6-11(4)18-15(16-5)17-10-13-9-14(19-20-13)12(7-2)8-3/h9,11-12H,6-8,10H2,1-5H3,(H2,16,17,18). The molecule has 1 rings (SSSR count). The van der Waals surface area contributed by atoms with Crippen molar-refractivity contribution in [3.05, 3.63) is 17.5 Å². The van der Waals surface area contributed by atoms with Gasteiger partial charge in [-0.05, 0) is 26.2 Å². The Morgan fingerprint density at radius 2 is 2.00 bits per heavy atom. The maximum atomic E-state index is 5.38. The lowest BCUT2D eigenvalue weighted by Crippen LogP contribution is -2.41. The topological polar surface area (TPSA) is 62.5 Å². The van der Waals surface area contributed by atoms with E-state index in [1.54, 1.807) is 7.05 Å². The molecule has 114 valence electrons. The fraction of sp³-hybridized carbons (Fsp3) is 0.733. The van der Waals surface area contributed by atoms with Gasteiger partial charge in [-0.2, -0.15) is 0 Å². The van der Waals surface area contributed by atoms with Gasteiger partial charge in [0.2, 0.25) is 0 Å². The van der Waals surface area contributed by atoms with E-state index in [1.165, 1.54) is 0 Å². The first-order chi connectivity index (χ1) is 9.64. The number of aliphatic imine (C=N–C) groups is 1. The third-order valence-electron chi connectivity index (χ3n) is 3.63. The van der Waals surface area contributed by atoms with Crippen molar-refractivity contribution in [2.24, 2.45) is 4.99 Å². The van der Waals surface area contributed by atoms with Crippen LogP contribution in [0.1, 0.15) is 64.3 Å². The number of rotatable bonds is 7. The molecule has 5 heteroatoms. The van der Waals surface area contributed by atoms with E-state index >= 15 is 0 Å². The summed E-state index contributed by atoms with van der Waals surface area (Å²) < 4.78 is 5.38. The van der Waals surface area contributed by atoms with Crippen LogP contribution in [0.15, 0.2) is 15.6 Å². The molecule has 5 nitrogen and oxygen atoms in total. The number of hydrogen-bond acceptors (Lipinski definition) is 3. The van der Waals surface area contributed by atoms with Crippen LogP contribution in [0, 0.1) is 0 Å². The second kappa shape index (κ2) is 8.61. The van der Waals surface area contributed by atoms with Crippen LogP contribution in [0.3, 0.4) is 0 Å². The van der Waals surface area contributed by atoms with Gasteiger partial charge in [0.15, 0.2) is 11.7 Å². The fourth-order valence-corrected chi connectivity index (χ4v) is 2.01. The summed E-state index contributed by atoms with van der Waals surface area (Å²) in [5.74, 6) is 2.13. The zero-order valence-electron chi connectivity index (χ0n) is 13.4. The highest BCUT2D eigenvalue weighted by atomic mass is 16.5.